The number of carboxylic acid groups (broad SMARTS) is 1. The Kier molecular flexibility index (Phi) is 3.70. The lowest BCUT2D eigenvalue weighted by Crippen LogP contribution is -2.23. The van der Waals surface area contributed by atoms with Gasteiger partial charge in [0, 0.05) is 22.9 Å². The van der Waals surface area contributed by atoms with Gasteiger partial charge in [0.1, 0.15) is 0 Å². The number of fused-ring (bicyclic) bond motifs is 1. The Balaban J connectivity index is 2.60. The minimum absolute atomic E-state index is 0.217. The minimum Gasteiger partial charge on any atom is -0.475 e. The molecule has 0 fully saturated rings. The summed E-state index contributed by atoms with van der Waals surface area (Å²) < 4.78 is 0. The van der Waals surface area contributed by atoms with Gasteiger partial charge in [-0.3, -0.25) is 9.59 Å². The normalized spacial score (nSPS) is 10.7. The van der Waals surface area contributed by atoms with E-state index in [9.17, 15) is 14.4 Å². The molecule has 5 heteroatoms. The minimum atomic E-state index is -1.52. The van der Waals surface area contributed by atoms with Crippen LogP contribution in [-0.2, 0) is 22.4 Å². The van der Waals surface area contributed by atoms with Crippen molar-refractivity contribution in [1.29, 1.82) is 0 Å². The third kappa shape index (κ3) is 2.47. The number of aromatic amines is 1. The van der Waals surface area contributed by atoms with E-state index in [0.29, 0.717) is 11.1 Å². The summed E-state index contributed by atoms with van der Waals surface area (Å²) in [6, 6.07) is 5.73. The molecule has 0 saturated heterocycles. The van der Waals surface area contributed by atoms with Crippen molar-refractivity contribution in [1.82, 2.24) is 4.98 Å². The molecule has 0 saturated carbocycles. The number of carbonyl (C=O) groups excluding carboxylic acids is 1. The molecule has 0 unspecified atom stereocenters. The van der Waals surface area contributed by atoms with Crippen LogP contribution in [0.2, 0.25) is 0 Å². The van der Waals surface area contributed by atoms with E-state index in [1.807, 2.05) is 25.1 Å². The second kappa shape index (κ2) is 5.28. The van der Waals surface area contributed by atoms with Gasteiger partial charge < -0.3 is 10.1 Å². The fourth-order valence-electron chi connectivity index (χ4n) is 2.22. The molecule has 0 spiro atoms. The van der Waals surface area contributed by atoms with Crippen molar-refractivity contribution in [2.75, 3.05) is 0 Å². The predicted molar refractivity (Wildman–Crippen MR) is 75.0 cm³/mol. The predicted octanol–water partition coefficient (Wildman–Crippen LogP) is 1.60. The number of hydrogen-bond acceptors (Lipinski definition) is 3. The molecule has 1 aromatic heterocycles. The van der Waals surface area contributed by atoms with E-state index in [4.69, 9.17) is 5.11 Å². The summed E-state index contributed by atoms with van der Waals surface area (Å²) >= 11 is 0. The van der Waals surface area contributed by atoms with Crippen LogP contribution < -0.4 is 5.56 Å². The van der Waals surface area contributed by atoms with Crippen molar-refractivity contribution in [3.8, 4) is 0 Å². The first-order valence-corrected chi connectivity index (χ1v) is 6.34. The van der Waals surface area contributed by atoms with Crippen molar-refractivity contribution in [3.63, 3.8) is 0 Å². The van der Waals surface area contributed by atoms with Gasteiger partial charge in [-0.05, 0) is 30.5 Å². The molecule has 20 heavy (non-hydrogen) atoms. The van der Waals surface area contributed by atoms with Gasteiger partial charge in [0.25, 0.3) is 5.56 Å². The average Bonchev–Trinajstić information content (AvgIpc) is 2.42. The monoisotopic (exact) mass is 273 g/mol. The van der Waals surface area contributed by atoms with E-state index in [0.717, 1.165) is 17.4 Å². The largest absolute Gasteiger partial charge is 0.475 e. The first-order valence-electron chi connectivity index (χ1n) is 6.34. The number of carboxylic acids is 1. The molecule has 2 N–H and O–H groups in total. The van der Waals surface area contributed by atoms with Crippen molar-refractivity contribution in [3.05, 3.63) is 45.2 Å². The van der Waals surface area contributed by atoms with Gasteiger partial charge in [0.05, 0.1) is 0 Å². The maximum atomic E-state index is 12.0. The Morgan fingerprint density at radius 2 is 2.00 bits per heavy atom. The molecule has 0 atom stereocenters. The van der Waals surface area contributed by atoms with Crippen molar-refractivity contribution in [2.24, 2.45) is 0 Å². The van der Waals surface area contributed by atoms with Crippen molar-refractivity contribution < 1.29 is 14.7 Å². The van der Waals surface area contributed by atoms with E-state index in [-0.39, 0.29) is 12.0 Å². The third-order valence-corrected chi connectivity index (χ3v) is 3.45. The first-order chi connectivity index (χ1) is 9.43. The van der Waals surface area contributed by atoms with Crippen LogP contribution in [0.25, 0.3) is 10.9 Å². The number of aromatic nitrogens is 1. The summed E-state index contributed by atoms with van der Waals surface area (Å²) in [4.78, 5) is 36.6. The maximum Gasteiger partial charge on any atom is 0.372 e. The van der Waals surface area contributed by atoms with Gasteiger partial charge in [0.2, 0.25) is 5.78 Å². The highest BCUT2D eigenvalue weighted by atomic mass is 16.4. The Morgan fingerprint density at radius 3 is 2.60 bits per heavy atom. The third-order valence-electron chi connectivity index (χ3n) is 3.45. The second-order valence-corrected chi connectivity index (χ2v) is 4.70. The van der Waals surface area contributed by atoms with E-state index < -0.39 is 17.3 Å². The molecule has 2 rings (SSSR count). The Hall–Kier alpha value is -2.43. The molecule has 0 aliphatic rings. The highest BCUT2D eigenvalue weighted by Gasteiger charge is 2.17. The quantitative estimate of drug-likeness (QED) is 0.828. The Morgan fingerprint density at radius 1 is 1.30 bits per heavy atom. The van der Waals surface area contributed by atoms with Gasteiger partial charge in [-0.15, -0.1) is 0 Å². The van der Waals surface area contributed by atoms with Crippen LogP contribution in [0, 0.1) is 6.92 Å². The molecule has 1 heterocycles. The number of nitrogens with one attached hydrogen (secondary N) is 1. The van der Waals surface area contributed by atoms with Crippen LogP contribution in [0.15, 0.2) is 23.0 Å². The van der Waals surface area contributed by atoms with Crippen molar-refractivity contribution in [2.45, 2.75) is 26.7 Å². The number of rotatable bonds is 4. The molecular weight excluding hydrogens is 258 g/mol. The zero-order valence-electron chi connectivity index (χ0n) is 11.3. The zero-order valence-corrected chi connectivity index (χ0v) is 11.3. The summed E-state index contributed by atoms with van der Waals surface area (Å²) in [5.41, 5.74) is 2.27. The number of aliphatic carboxylic acids is 1. The van der Waals surface area contributed by atoms with E-state index in [2.05, 4.69) is 4.98 Å². The SMILES string of the molecule is CCc1ccc2c(C)c(CC(=O)C(=O)O)c(=O)[nH]c2c1. The fraction of sp³-hybridized carbons (Fsp3) is 0.267. The van der Waals surface area contributed by atoms with Crippen LogP contribution >= 0.6 is 0 Å². The first kappa shape index (κ1) is 14.0. The molecule has 2 aromatic rings. The lowest BCUT2D eigenvalue weighted by molar-refractivity contribution is -0.148. The van der Waals surface area contributed by atoms with Gasteiger partial charge in [-0.1, -0.05) is 19.1 Å². The lowest BCUT2D eigenvalue weighted by atomic mass is 9.99. The molecule has 5 nitrogen and oxygen atoms in total. The zero-order chi connectivity index (χ0) is 14.9. The smallest absolute Gasteiger partial charge is 0.372 e. The summed E-state index contributed by atoms with van der Waals surface area (Å²) in [5, 5.41) is 9.47. The Labute approximate surface area is 115 Å². The number of benzene rings is 1. The summed E-state index contributed by atoms with van der Waals surface area (Å²) in [7, 11) is 0. The van der Waals surface area contributed by atoms with E-state index >= 15 is 0 Å². The van der Waals surface area contributed by atoms with Crippen molar-refractivity contribution >= 4 is 22.7 Å². The van der Waals surface area contributed by atoms with E-state index in [1.165, 1.54) is 0 Å². The standard InChI is InChI=1S/C15H15NO4/c1-3-9-4-5-10-8(2)11(7-13(17)15(19)20)14(18)16-12(10)6-9/h4-6H,3,7H2,1-2H3,(H,16,18)(H,19,20). The van der Waals surface area contributed by atoms with Crippen LogP contribution in [0.4, 0.5) is 0 Å². The topological polar surface area (TPSA) is 87.2 Å². The number of H-pyrrole nitrogens is 1. The number of Topliss-reactive ketones (excluding diaryl/α,β-unsaturated/α-hetero) is 1. The number of carbonyl (C=O) groups is 2. The summed E-state index contributed by atoms with van der Waals surface area (Å²) in [5.74, 6) is -2.51. The van der Waals surface area contributed by atoms with Crippen LogP contribution in [0.5, 0.6) is 0 Å². The average molecular weight is 273 g/mol. The Bertz CT molecular complexity index is 758. The highest BCUT2D eigenvalue weighted by molar-refractivity contribution is 6.33. The number of aryl methyl sites for hydroxylation is 2. The molecule has 104 valence electrons. The van der Waals surface area contributed by atoms with Crippen LogP contribution in [-0.4, -0.2) is 21.8 Å². The van der Waals surface area contributed by atoms with Gasteiger partial charge in [-0.2, -0.15) is 0 Å². The summed E-state index contributed by atoms with van der Waals surface area (Å²) in [6.07, 6.45) is 0.470. The van der Waals surface area contributed by atoms with Crippen LogP contribution in [0.3, 0.4) is 0 Å². The van der Waals surface area contributed by atoms with E-state index in [1.54, 1.807) is 6.92 Å². The molecule has 0 amide bonds. The second-order valence-electron chi connectivity index (χ2n) is 4.70. The lowest BCUT2D eigenvalue weighted by Gasteiger charge is -2.08. The molecular formula is C15H15NO4. The maximum absolute atomic E-state index is 12.0. The molecule has 0 aliphatic carbocycles. The number of hydrogen-bond donors (Lipinski definition) is 2. The van der Waals surface area contributed by atoms with Gasteiger partial charge in [0.15, 0.2) is 0 Å². The highest BCUT2D eigenvalue weighted by Crippen LogP contribution is 2.19. The molecule has 1 aromatic carbocycles. The molecule has 0 aliphatic heterocycles. The summed E-state index contributed by atoms with van der Waals surface area (Å²) in [6.45, 7) is 3.75. The van der Waals surface area contributed by atoms with Gasteiger partial charge in [-0.25, -0.2) is 4.79 Å². The molecule has 0 bridgehead atoms. The van der Waals surface area contributed by atoms with Gasteiger partial charge >= 0.3 is 5.97 Å². The molecule has 0 radical (unpaired) electrons. The van der Waals surface area contributed by atoms with Crippen LogP contribution in [0.1, 0.15) is 23.6 Å². The fourth-order valence-corrected chi connectivity index (χ4v) is 2.22. The number of ketones is 1. The number of pyridine rings is 1.